The predicted octanol–water partition coefficient (Wildman–Crippen LogP) is 2.21. The molecule has 0 radical (unpaired) electrons. The molecule has 1 saturated heterocycles. The molecule has 3 N–H and O–H groups in total. The molecule has 1 atom stereocenters. The molecule has 0 aliphatic carbocycles. The van der Waals surface area contributed by atoms with Crippen molar-refractivity contribution in [3.05, 3.63) is 42.7 Å². The van der Waals surface area contributed by atoms with E-state index >= 15 is 0 Å². The van der Waals surface area contributed by atoms with Crippen LogP contribution in [0.15, 0.2) is 52.2 Å². The number of morpholine rings is 1. The summed E-state index contributed by atoms with van der Waals surface area (Å²) in [6.07, 6.45) is 1.54. The summed E-state index contributed by atoms with van der Waals surface area (Å²) in [6, 6.07) is 11.3. The van der Waals surface area contributed by atoms with Crippen LogP contribution in [-0.4, -0.2) is 52.3 Å². The van der Waals surface area contributed by atoms with Gasteiger partial charge in [0.15, 0.2) is 5.76 Å². The fourth-order valence-electron chi connectivity index (χ4n) is 2.96. The second-order valence-electron chi connectivity index (χ2n) is 6.55. The summed E-state index contributed by atoms with van der Waals surface area (Å²) >= 11 is 1.23. The molecule has 1 unspecified atom stereocenters. The first-order valence-corrected chi connectivity index (χ1v) is 10.1. The number of nitrogen functional groups attached to an aromatic ring is 1. The normalized spacial score (nSPS) is 15.3. The standard InChI is InChI=1S/C19H22N6O3S/c1-13(29-19-23-22-17(25(19)20)16-3-2-10-28-16)18(26)21-14-4-6-15(7-5-14)24-8-11-27-12-9-24/h2-7,10,13H,8-9,11-12,20H2,1H3,(H,21,26). The number of benzene rings is 1. The molecule has 152 valence electrons. The largest absolute Gasteiger partial charge is 0.461 e. The lowest BCUT2D eigenvalue weighted by Crippen LogP contribution is -2.36. The van der Waals surface area contributed by atoms with Gasteiger partial charge < -0.3 is 25.2 Å². The number of ether oxygens (including phenoxy) is 1. The van der Waals surface area contributed by atoms with Crippen molar-refractivity contribution >= 4 is 29.0 Å². The smallest absolute Gasteiger partial charge is 0.237 e. The van der Waals surface area contributed by atoms with Crippen LogP contribution in [0.3, 0.4) is 0 Å². The van der Waals surface area contributed by atoms with Gasteiger partial charge >= 0.3 is 0 Å². The second kappa shape index (κ2) is 8.58. The summed E-state index contributed by atoms with van der Waals surface area (Å²) in [7, 11) is 0. The SMILES string of the molecule is CC(Sc1nnc(-c2ccco2)n1N)C(=O)Nc1ccc(N2CCOCC2)cc1. The van der Waals surface area contributed by atoms with Crippen LogP contribution < -0.4 is 16.1 Å². The molecule has 1 aliphatic rings. The van der Waals surface area contributed by atoms with Crippen LogP contribution in [0.25, 0.3) is 11.6 Å². The Hall–Kier alpha value is -2.98. The lowest BCUT2D eigenvalue weighted by atomic mass is 10.2. The minimum atomic E-state index is -0.412. The molecule has 0 saturated carbocycles. The van der Waals surface area contributed by atoms with Crippen LogP contribution in [0.2, 0.25) is 0 Å². The number of amides is 1. The fourth-order valence-corrected chi connectivity index (χ4v) is 3.73. The van der Waals surface area contributed by atoms with E-state index in [0.717, 1.165) is 37.7 Å². The van der Waals surface area contributed by atoms with E-state index in [2.05, 4.69) is 20.4 Å². The van der Waals surface area contributed by atoms with Gasteiger partial charge in [-0.3, -0.25) is 4.79 Å². The van der Waals surface area contributed by atoms with Gasteiger partial charge in [-0.1, -0.05) is 11.8 Å². The lowest BCUT2D eigenvalue weighted by Gasteiger charge is -2.28. The molecule has 9 nitrogen and oxygen atoms in total. The van der Waals surface area contributed by atoms with E-state index in [0.29, 0.717) is 16.7 Å². The van der Waals surface area contributed by atoms with E-state index in [4.69, 9.17) is 15.0 Å². The summed E-state index contributed by atoms with van der Waals surface area (Å²) < 4.78 is 12.0. The molecular formula is C19H22N6O3S. The third kappa shape index (κ3) is 4.38. The van der Waals surface area contributed by atoms with Crippen LogP contribution in [-0.2, 0) is 9.53 Å². The van der Waals surface area contributed by atoms with Gasteiger partial charge in [-0.25, -0.2) is 4.68 Å². The average molecular weight is 414 g/mol. The van der Waals surface area contributed by atoms with E-state index in [1.165, 1.54) is 22.7 Å². The first-order chi connectivity index (χ1) is 14.1. The zero-order valence-corrected chi connectivity index (χ0v) is 16.8. The van der Waals surface area contributed by atoms with Crippen molar-refractivity contribution in [2.45, 2.75) is 17.3 Å². The molecule has 1 amide bonds. The quantitative estimate of drug-likeness (QED) is 0.466. The zero-order valence-electron chi connectivity index (χ0n) is 15.9. The number of nitrogens with two attached hydrogens (primary N) is 1. The summed E-state index contributed by atoms with van der Waals surface area (Å²) in [5.41, 5.74) is 1.86. The van der Waals surface area contributed by atoms with E-state index in [1.54, 1.807) is 19.1 Å². The van der Waals surface area contributed by atoms with Crippen molar-refractivity contribution in [2.24, 2.45) is 0 Å². The number of hydrogen-bond donors (Lipinski definition) is 2. The molecule has 10 heteroatoms. The molecule has 1 fully saturated rings. The van der Waals surface area contributed by atoms with Crippen molar-refractivity contribution in [3.8, 4) is 11.6 Å². The summed E-state index contributed by atoms with van der Waals surface area (Å²) in [5, 5.41) is 11.0. The number of nitrogens with one attached hydrogen (secondary N) is 1. The van der Waals surface area contributed by atoms with E-state index in [-0.39, 0.29) is 5.91 Å². The van der Waals surface area contributed by atoms with Crippen LogP contribution in [0.1, 0.15) is 6.92 Å². The number of nitrogens with zero attached hydrogens (tertiary/aromatic N) is 4. The van der Waals surface area contributed by atoms with Gasteiger partial charge in [0, 0.05) is 24.5 Å². The Kier molecular flexibility index (Phi) is 5.72. The van der Waals surface area contributed by atoms with Gasteiger partial charge in [-0.05, 0) is 43.3 Å². The van der Waals surface area contributed by atoms with Crippen LogP contribution in [0, 0.1) is 0 Å². The second-order valence-corrected chi connectivity index (χ2v) is 7.86. The fraction of sp³-hybridized carbons (Fsp3) is 0.316. The van der Waals surface area contributed by atoms with Crippen molar-refractivity contribution in [3.63, 3.8) is 0 Å². The third-order valence-corrected chi connectivity index (χ3v) is 5.63. The Morgan fingerprint density at radius 3 is 2.66 bits per heavy atom. The first kappa shape index (κ1) is 19.3. The number of carbonyl (C=O) groups is 1. The molecule has 2 aromatic heterocycles. The number of carbonyl (C=O) groups excluding carboxylic acids is 1. The van der Waals surface area contributed by atoms with Gasteiger partial charge in [0.1, 0.15) is 0 Å². The van der Waals surface area contributed by atoms with Crippen LogP contribution in [0.4, 0.5) is 11.4 Å². The molecule has 0 spiro atoms. The maximum Gasteiger partial charge on any atom is 0.237 e. The maximum atomic E-state index is 12.6. The molecule has 0 bridgehead atoms. The molecule has 1 aliphatic heterocycles. The molecule has 3 aromatic rings. The van der Waals surface area contributed by atoms with Crippen molar-refractivity contribution in [1.29, 1.82) is 0 Å². The molecule has 29 heavy (non-hydrogen) atoms. The number of anilines is 2. The highest BCUT2D eigenvalue weighted by molar-refractivity contribution is 8.00. The number of thioether (sulfide) groups is 1. The summed E-state index contributed by atoms with van der Waals surface area (Å²) in [4.78, 5) is 14.8. The summed E-state index contributed by atoms with van der Waals surface area (Å²) in [5.74, 6) is 6.83. The van der Waals surface area contributed by atoms with Crippen LogP contribution in [0.5, 0.6) is 0 Å². The highest BCUT2D eigenvalue weighted by Gasteiger charge is 2.21. The van der Waals surface area contributed by atoms with Gasteiger partial charge in [-0.15, -0.1) is 10.2 Å². The Balaban J connectivity index is 1.36. The van der Waals surface area contributed by atoms with Gasteiger partial charge in [-0.2, -0.15) is 0 Å². The minimum absolute atomic E-state index is 0.142. The van der Waals surface area contributed by atoms with Gasteiger partial charge in [0.25, 0.3) is 0 Å². The highest BCUT2D eigenvalue weighted by Crippen LogP contribution is 2.26. The Morgan fingerprint density at radius 1 is 1.21 bits per heavy atom. The zero-order chi connectivity index (χ0) is 20.2. The van der Waals surface area contributed by atoms with Gasteiger partial charge in [0.2, 0.25) is 16.9 Å². The van der Waals surface area contributed by atoms with Crippen LogP contribution >= 0.6 is 11.8 Å². The van der Waals surface area contributed by atoms with Crippen molar-refractivity contribution in [1.82, 2.24) is 14.9 Å². The van der Waals surface area contributed by atoms with E-state index in [1.807, 2.05) is 24.3 Å². The third-order valence-electron chi connectivity index (χ3n) is 4.57. The number of hydrogen-bond acceptors (Lipinski definition) is 8. The Labute approximate surface area is 172 Å². The topological polar surface area (TPSA) is 111 Å². The summed E-state index contributed by atoms with van der Waals surface area (Å²) in [6.45, 7) is 5.02. The van der Waals surface area contributed by atoms with Crippen molar-refractivity contribution < 1.29 is 13.9 Å². The maximum absolute atomic E-state index is 12.6. The van der Waals surface area contributed by atoms with E-state index < -0.39 is 5.25 Å². The van der Waals surface area contributed by atoms with E-state index in [9.17, 15) is 4.79 Å². The Morgan fingerprint density at radius 2 is 1.97 bits per heavy atom. The monoisotopic (exact) mass is 414 g/mol. The first-order valence-electron chi connectivity index (χ1n) is 9.26. The predicted molar refractivity (Wildman–Crippen MR) is 111 cm³/mol. The number of aromatic nitrogens is 3. The Bertz CT molecular complexity index is 951. The molecule has 3 heterocycles. The number of rotatable bonds is 6. The van der Waals surface area contributed by atoms with Gasteiger partial charge in [0.05, 0.1) is 24.7 Å². The highest BCUT2D eigenvalue weighted by atomic mass is 32.2. The molecule has 4 rings (SSSR count). The number of furan rings is 1. The molecular weight excluding hydrogens is 392 g/mol. The average Bonchev–Trinajstić information content (AvgIpc) is 3.39. The minimum Gasteiger partial charge on any atom is -0.461 e. The lowest BCUT2D eigenvalue weighted by molar-refractivity contribution is -0.115. The molecule has 1 aromatic carbocycles. The van der Waals surface area contributed by atoms with Crippen molar-refractivity contribution in [2.75, 3.05) is 42.4 Å².